The van der Waals surface area contributed by atoms with Gasteiger partial charge < -0.3 is 4.12 Å². The van der Waals surface area contributed by atoms with Gasteiger partial charge >= 0.3 is 0 Å². The third kappa shape index (κ3) is 9.65. The average molecular weight is 238 g/mol. The first-order valence-corrected chi connectivity index (χ1v) is 8.88. The van der Waals surface area contributed by atoms with Crippen LogP contribution in [0.4, 0.5) is 0 Å². The molecule has 0 amide bonds. The van der Waals surface area contributed by atoms with Crippen molar-refractivity contribution in [3.63, 3.8) is 0 Å². The highest BCUT2D eigenvalue weighted by molar-refractivity contribution is 6.52. The van der Waals surface area contributed by atoms with Crippen molar-refractivity contribution in [3.8, 4) is 0 Å². The number of rotatable bonds is 2. The fourth-order valence-electron chi connectivity index (χ4n) is 0.883. The van der Waals surface area contributed by atoms with Gasteiger partial charge in [0.05, 0.1) is 0 Å². The van der Waals surface area contributed by atoms with E-state index in [1.807, 2.05) is 6.07 Å². The van der Waals surface area contributed by atoms with Crippen LogP contribution < -0.4 is 0 Å². The highest BCUT2D eigenvalue weighted by atomic mass is 28.3. The van der Waals surface area contributed by atoms with Crippen LogP contribution in [0.3, 0.4) is 0 Å². The second-order valence-electron chi connectivity index (χ2n) is 3.92. The van der Waals surface area contributed by atoms with Gasteiger partial charge in [-0.15, -0.1) is 0 Å². The predicted molar refractivity (Wildman–Crippen MR) is 75.7 cm³/mol. The van der Waals surface area contributed by atoms with Gasteiger partial charge in [0.15, 0.2) is 9.04 Å². The maximum Gasteiger partial charge on any atom is 0.156 e. The molecule has 0 saturated carbocycles. The third-order valence-corrected chi connectivity index (χ3v) is 5.50. The first kappa shape index (κ1) is 14.4. The molecule has 0 N–H and O–H groups in total. The van der Waals surface area contributed by atoms with Crippen LogP contribution in [-0.4, -0.2) is 19.5 Å². The van der Waals surface area contributed by atoms with Crippen LogP contribution in [0.5, 0.6) is 0 Å². The Labute approximate surface area is 98.4 Å². The highest BCUT2D eigenvalue weighted by Gasteiger charge is 1.82. The molecule has 0 radical (unpaired) electrons. The lowest BCUT2D eigenvalue weighted by Gasteiger charge is -1.93. The zero-order valence-corrected chi connectivity index (χ0v) is 13.6. The largest absolute Gasteiger partial charge is 0.466 e. The molecule has 0 aromatic heterocycles. The maximum atomic E-state index is 5.03. The van der Waals surface area contributed by atoms with Crippen molar-refractivity contribution in [2.24, 2.45) is 0 Å². The second kappa shape index (κ2) is 8.65. The SMILES string of the molecule is CC(C)=Cc1ccccc1.C[SiH](C)O[SiH3]. The van der Waals surface area contributed by atoms with Crippen LogP contribution in [0.1, 0.15) is 19.4 Å². The van der Waals surface area contributed by atoms with Crippen molar-refractivity contribution in [1.29, 1.82) is 0 Å². The fraction of sp³-hybridized carbons (Fsp3) is 0.333. The van der Waals surface area contributed by atoms with E-state index >= 15 is 0 Å². The van der Waals surface area contributed by atoms with Crippen molar-refractivity contribution >= 4 is 25.6 Å². The number of hydrogen-bond acceptors (Lipinski definition) is 1. The number of hydrogen-bond donors (Lipinski definition) is 0. The first-order valence-electron chi connectivity index (χ1n) is 5.29. The Morgan fingerprint density at radius 1 is 1.20 bits per heavy atom. The molecule has 0 aliphatic rings. The van der Waals surface area contributed by atoms with E-state index in [1.165, 1.54) is 11.1 Å². The van der Waals surface area contributed by atoms with Crippen molar-refractivity contribution in [2.45, 2.75) is 26.9 Å². The molecule has 15 heavy (non-hydrogen) atoms. The molecule has 0 aliphatic carbocycles. The summed E-state index contributed by atoms with van der Waals surface area (Å²) < 4.78 is 5.03. The lowest BCUT2D eigenvalue weighted by molar-refractivity contribution is 0.647. The smallest absolute Gasteiger partial charge is 0.156 e. The van der Waals surface area contributed by atoms with E-state index in [0.717, 1.165) is 10.5 Å². The summed E-state index contributed by atoms with van der Waals surface area (Å²) in [7, 11) is 0.347. The number of allylic oxidation sites excluding steroid dienone is 1. The monoisotopic (exact) mass is 238 g/mol. The van der Waals surface area contributed by atoms with E-state index in [4.69, 9.17) is 4.12 Å². The Balaban J connectivity index is 0.000000336. The van der Waals surface area contributed by atoms with E-state index in [9.17, 15) is 0 Å². The van der Waals surface area contributed by atoms with Crippen LogP contribution in [0.15, 0.2) is 35.9 Å². The summed E-state index contributed by atoms with van der Waals surface area (Å²) in [5.74, 6) is 0. The second-order valence-corrected chi connectivity index (χ2v) is 7.90. The van der Waals surface area contributed by atoms with E-state index in [1.54, 1.807) is 0 Å². The predicted octanol–water partition coefficient (Wildman–Crippen LogP) is 2.38. The molecule has 1 aromatic rings. The molecule has 1 rings (SSSR count). The van der Waals surface area contributed by atoms with Crippen molar-refractivity contribution < 1.29 is 4.12 Å². The minimum Gasteiger partial charge on any atom is -0.466 e. The molecule has 0 saturated heterocycles. The molecular formula is C12H22OSi2. The fourth-order valence-corrected chi connectivity index (χ4v) is 0.883. The lowest BCUT2D eigenvalue weighted by Crippen LogP contribution is -2.02. The Morgan fingerprint density at radius 3 is 2.00 bits per heavy atom. The molecule has 0 bridgehead atoms. The maximum absolute atomic E-state index is 5.03. The molecule has 84 valence electrons. The van der Waals surface area contributed by atoms with Gasteiger partial charge in [-0.1, -0.05) is 42.0 Å². The number of benzene rings is 1. The summed E-state index contributed by atoms with van der Waals surface area (Å²) in [6.45, 7) is 8.56. The van der Waals surface area contributed by atoms with Crippen molar-refractivity contribution in [3.05, 3.63) is 41.5 Å². The molecule has 0 unspecified atom stereocenters. The minimum atomic E-state index is -0.588. The third-order valence-electron chi connectivity index (χ3n) is 1.73. The standard InChI is InChI=1S/C10H12.C2H10OSi2/c1-9(2)8-10-6-4-3-5-7-10;1-5(2)3-4/h3-8H,1-2H3;5H,1-2,4H3. The van der Waals surface area contributed by atoms with Crippen LogP contribution >= 0.6 is 0 Å². The van der Waals surface area contributed by atoms with Gasteiger partial charge in [0, 0.05) is 0 Å². The van der Waals surface area contributed by atoms with Crippen molar-refractivity contribution in [1.82, 2.24) is 0 Å². The summed E-state index contributed by atoms with van der Waals surface area (Å²) in [4.78, 5) is 0. The van der Waals surface area contributed by atoms with Gasteiger partial charge in [0.2, 0.25) is 0 Å². The molecule has 0 heterocycles. The molecular weight excluding hydrogens is 216 g/mol. The Hall–Kier alpha value is -0.646. The molecule has 3 heteroatoms. The van der Waals surface area contributed by atoms with E-state index in [-0.39, 0.29) is 0 Å². The molecule has 1 nitrogen and oxygen atoms in total. The topological polar surface area (TPSA) is 9.23 Å². The Morgan fingerprint density at radius 2 is 1.67 bits per heavy atom. The molecule has 0 atom stereocenters. The van der Waals surface area contributed by atoms with E-state index in [0.29, 0.717) is 0 Å². The minimum absolute atomic E-state index is 0.588. The summed E-state index contributed by atoms with van der Waals surface area (Å²) in [5.41, 5.74) is 2.62. The quantitative estimate of drug-likeness (QED) is 0.719. The highest BCUT2D eigenvalue weighted by Crippen LogP contribution is 2.04. The summed E-state index contributed by atoms with van der Waals surface area (Å²) in [5, 5.41) is 0. The van der Waals surface area contributed by atoms with Crippen LogP contribution in [0, 0.1) is 0 Å². The molecule has 1 aromatic carbocycles. The van der Waals surface area contributed by atoms with E-state index < -0.39 is 9.04 Å². The first-order chi connectivity index (χ1) is 7.06. The van der Waals surface area contributed by atoms with E-state index in [2.05, 4.69) is 57.3 Å². The van der Waals surface area contributed by atoms with Crippen LogP contribution in [0.2, 0.25) is 13.1 Å². The molecule has 0 aliphatic heterocycles. The zero-order chi connectivity index (χ0) is 11.7. The van der Waals surface area contributed by atoms with Crippen molar-refractivity contribution in [2.75, 3.05) is 0 Å². The Bertz CT molecular complexity index is 277. The average Bonchev–Trinajstić information content (AvgIpc) is 2.19. The van der Waals surface area contributed by atoms with Gasteiger partial charge in [0.1, 0.15) is 10.5 Å². The van der Waals surface area contributed by atoms with Crippen LogP contribution in [-0.2, 0) is 4.12 Å². The van der Waals surface area contributed by atoms with Gasteiger partial charge in [-0.25, -0.2) is 0 Å². The summed E-state index contributed by atoms with van der Waals surface area (Å²) in [6.07, 6.45) is 2.17. The summed E-state index contributed by atoms with van der Waals surface area (Å²) >= 11 is 0. The molecule has 0 spiro atoms. The van der Waals surface area contributed by atoms with Gasteiger partial charge in [-0.3, -0.25) is 0 Å². The normalized spacial score (nSPS) is 9.40. The molecule has 0 fully saturated rings. The lowest BCUT2D eigenvalue weighted by atomic mass is 10.2. The van der Waals surface area contributed by atoms with Gasteiger partial charge in [-0.05, 0) is 32.5 Å². The summed E-state index contributed by atoms with van der Waals surface area (Å²) in [6, 6.07) is 10.3. The van der Waals surface area contributed by atoms with Gasteiger partial charge in [0.25, 0.3) is 0 Å². The Kier molecular flexibility index (Phi) is 8.27. The van der Waals surface area contributed by atoms with Crippen LogP contribution in [0.25, 0.3) is 6.08 Å². The zero-order valence-electron chi connectivity index (χ0n) is 10.4. The van der Waals surface area contributed by atoms with Gasteiger partial charge in [-0.2, -0.15) is 0 Å².